The second kappa shape index (κ2) is 35.8. The highest BCUT2D eigenvalue weighted by Gasteiger charge is 2.59. The molecule has 22 heteroatoms. The van der Waals surface area contributed by atoms with Crippen LogP contribution in [0.4, 0.5) is 0 Å². The Labute approximate surface area is 648 Å². The van der Waals surface area contributed by atoms with Crippen molar-refractivity contribution < 1.29 is 68.4 Å². The molecule has 5 unspecified atom stereocenters. The van der Waals surface area contributed by atoms with Gasteiger partial charge in [-0.1, -0.05) is 166 Å². The average molecular weight is 1660 g/mol. The van der Waals surface area contributed by atoms with Crippen molar-refractivity contribution in [2.75, 3.05) is 26.9 Å². The number of benzene rings is 1. The summed E-state index contributed by atoms with van der Waals surface area (Å²) in [6, 6.07) is 5.95. The third kappa shape index (κ3) is 22.8. The van der Waals surface area contributed by atoms with Crippen LogP contribution in [0, 0.1) is 11.8 Å². The normalized spacial score (nSPS) is 30.6. The number of methoxy groups -OCH3 is 1. The molecule has 0 N–H and O–H groups in total. The van der Waals surface area contributed by atoms with Gasteiger partial charge < -0.3 is 60.0 Å². The van der Waals surface area contributed by atoms with Crippen LogP contribution in [0.25, 0.3) is 0 Å². The van der Waals surface area contributed by atoms with Gasteiger partial charge in [-0.05, 0) is 206 Å². The van der Waals surface area contributed by atoms with E-state index in [-0.39, 0.29) is 104 Å². The van der Waals surface area contributed by atoms with Crippen molar-refractivity contribution in [3.8, 4) is 0 Å². The highest BCUT2D eigenvalue weighted by atomic mass is 127. The first-order valence-corrected chi connectivity index (χ1v) is 56.6. The molecule has 18 atom stereocenters. The predicted octanol–water partition coefficient (Wildman–Crippen LogP) is 20.5. The maximum atomic E-state index is 14.0. The lowest BCUT2D eigenvalue weighted by molar-refractivity contribution is -0.268. The molecule has 6 aliphatic heterocycles. The van der Waals surface area contributed by atoms with Gasteiger partial charge in [-0.15, -0.1) is 0 Å². The minimum Gasteiger partial charge on any atom is -0.414 e. The summed E-state index contributed by atoms with van der Waals surface area (Å²) in [6.07, 6.45) is 7.54. The van der Waals surface area contributed by atoms with Crippen LogP contribution >= 0.6 is 22.6 Å². The van der Waals surface area contributed by atoms with E-state index in [0.29, 0.717) is 50.0 Å². The molecule has 6 heterocycles. The van der Waals surface area contributed by atoms with E-state index >= 15 is 0 Å². The molecule has 0 bridgehead atoms. The van der Waals surface area contributed by atoms with Crippen molar-refractivity contribution in [3.05, 3.63) is 63.8 Å². The monoisotopic (exact) mass is 1660 g/mol. The Morgan fingerprint density at radius 2 is 1.22 bits per heavy atom. The minimum absolute atomic E-state index is 0.00329. The molecule has 0 spiro atoms. The Hall–Kier alpha value is -0.316. The summed E-state index contributed by atoms with van der Waals surface area (Å²) in [7, 11) is -13.4. The van der Waals surface area contributed by atoms with E-state index < -0.39 is 88.9 Å². The van der Waals surface area contributed by atoms with E-state index in [1.54, 1.807) is 0 Å². The first kappa shape index (κ1) is 89.9. The second-order valence-electron chi connectivity index (χ2n) is 39.3. The average Bonchev–Trinajstić information content (AvgIpc) is 1.22. The molecule has 6 aliphatic rings. The van der Waals surface area contributed by atoms with Gasteiger partial charge in [-0.2, -0.15) is 0 Å². The summed E-state index contributed by atoms with van der Waals surface area (Å²) in [5, 5.41) is -0.442. The Balaban J connectivity index is 1.31. The molecule has 15 nitrogen and oxygen atoms in total. The quantitative estimate of drug-likeness (QED) is 0.0324. The molecule has 0 saturated carbocycles. The van der Waals surface area contributed by atoms with Gasteiger partial charge >= 0.3 is 0 Å². The Morgan fingerprint density at radius 3 is 1.79 bits per heavy atom. The molecule has 0 radical (unpaired) electrons. The second-order valence-corrected chi connectivity index (χ2v) is 64.8. The first-order valence-electron chi connectivity index (χ1n) is 39.6. The third-order valence-corrected chi connectivity index (χ3v) is 50.3. The Kier molecular flexibility index (Phi) is 31.2. The van der Waals surface area contributed by atoms with E-state index in [1.165, 1.54) is 0 Å². The SMILES string of the molecule is C=C1C[C@H](CCC2OCCCO2)O[C@H]1CC[C@H]1C[C@@H](C)C(=C)[C@@H](C[C@@H]2O[C@H](C[C@@H](CO[Si](C)(C)C(C)(C)C)O[Si](C)(C)C(C)(C)C)[C@H](OC)C2CCC(c2cc(CC)ccc2[SH](=O)=O)[C@H]2CC[C@@H]3O[C@@H](C(/C=C/I)O[Si](C)(C)C(C)(C)C)C(O[Si](C)(C)C(C)(C)C)C(O[Si](C)(C)C(C)(C)C)[C@H]3O2)O1. The molecule has 103 heavy (non-hydrogen) atoms. The lowest BCUT2D eigenvalue weighted by Crippen LogP contribution is -2.69. The fourth-order valence-corrected chi connectivity index (χ4v) is 22.0. The smallest absolute Gasteiger partial charge is 0.193 e. The van der Waals surface area contributed by atoms with Gasteiger partial charge in [-0.3, -0.25) is 0 Å². The van der Waals surface area contributed by atoms with Crippen LogP contribution in [0.2, 0.25) is 90.7 Å². The van der Waals surface area contributed by atoms with Gasteiger partial charge in [0.2, 0.25) is 0 Å². The molecule has 594 valence electrons. The van der Waals surface area contributed by atoms with E-state index in [2.05, 4.69) is 229 Å². The van der Waals surface area contributed by atoms with E-state index in [9.17, 15) is 8.42 Å². The number of hydrogen-bond acceptors (Lipinski definition) is 15. The van der Waals surface area contributed by atoms with Crippen LogP contribution in [-0.4, -0.2) is 175 Å². The molecule has 0 amide bonds. The molecule has 1 aromatic rings. The minimum atomic E-state index is -3.00. The zero-order valence-electron chi connectivity index (χ0n) is 69.7. The van der Waals surface area contributed by atoms with Crippen molar-refractivity contribution >= 4 is 74.9 Å². The highest BCUT2D eigenvalue weighted by molar-refractivity contribution is 14.1. The van der Waals surface area contributed by atoms with Gasteiger partial charge in [0.15, 0.2) is 58.6 Å². The molecule has 1 aromatic carbocycles. The summed E-state index contributed by atoms with van der Waals surface area (Å²) in [5.74, 6) is -0.299. The first-order chi connectivity index (χ1) is 47.4. The van der Waals surface area contributed by atoms with E-state index in [1.807, 2.05) is 19.2 Å². The standard InChI is InChI=1S/C81H147IO15SSi5/c1-31-56-33-41-70(98(83)84)62(49-56)60(64-39-40-65-73(92-64)75(96-102(27,28)80(14,15)16)76(97-103(29,30)81(17,18)19)74(93-65)66(43-44-82)95-101(25,26)79(11,12)13)36-37-61-68(91-69(72(61)85-20)50-59(94-100(23,24)78(8,9)10)52-88-99(21,22)77(5,6)7)51-67-55(4)53(2)47-57(90-67)34-38-63-54(3)48-58(89-63)35-42-71-86-45-32-46-87-71/h33,41,43-44,49,53,57-61,63-69,71-76,98H,3-4,31-32,34-40,42,45-48,50-52H2,1-2,5-30H3/b44-43+/t53-,57+,58+,59+,60?,61?,63+,64-,65+,66?,67-,68+,69-,72-,73+,74+,75?,76?/m1/s1. The zero-order chi connectivity index (χ0) is 77.2. The lowest BCUT2D eigenvalue weighted by atomic mass is 9.77. The van der Waals surface area contributed by atoms with Gasteiger partial charge in [-0.25, -0.2) is 8.42 Å². The third-order valence-electron chi connectivity index (χ3n) is 26.6. The molecule has 0 aromatic heterocycles. The van der Waals surface area contributed by atoms with Crippen LogP contribution in [0.3, 0.4) is 0 Å². The number of rotatable bonds is 31. The number of thiol groups is 1. The lowest BCUT2D eigenvalue weighted by Gasteiger charge is -2.56. The van der Waals surface area contributed by atoms with Crippen molar-refractivity contribution in [1.82, 2.24) is 0 Å². The van der Waals surface area contributed by atoms with E-state index in [4.69, 9.17) is 66.6 Å². The maximum absolute atomic E-state index is 14.0. The summed E-state index contributed by atoms with van der Waals surface area (Å²) < 4.78 is 124. The fourth-order valence-electron chi connectivity index (χ4n) is 14.8. The summed E-state index contributed by atoms with van der Waals surface area (Å²) in [5.41, 5.74) is 4.10. The highest BCUT2D eigenvalue weighted by Crippen LogP contribution is 2.52. The van der Waals surface area contributed by atoms with Crippen LogP contribution in [0.1, 0.15) is 218 Å². The molecular formula is C81H147IO15SSi5. The summed E-state index contributed by atoms with van der Waals surface area (Å²) in [4.78, 5) is 0.331. The van der Waals surface area contributed by atoms with Gasteiger partial charge in [0.25, 0.3) is 0 Å². The number of fused-ring (bicyclic) bond motifs is 1. The largest absolute Gasteiger partial charge is 0.414 e. The molecule has 7 rings (SSSR count). The molecule has 6 fully saturated rings. The van der Waals surface area contributed by atoms with Crippen LogP contribution < -0.4 is 0 Å². The van der Waals surface area contributed by atoms with Crippen molar-refractivity contribution in [2.24, 2.45) is 11.8 Å². The molecular weight excluding hydrogens is 1510 g/mol. The van der Waals surface area contributed by atoms with Crippen molar-refractivity contribution in [3.63, 3.8) is 0 Å². The molecule has 6 saturated heterocycles. The fraction of sp³-hybridized carbons (Fsp3) is 0.852. The van der Waals surface area contributed by atoms with Gasteiger partial charge in [0, 0.05) is 38.2 Å². The van der Waals surface area contributed by atoms with Gasteiger partial charge in [0.05, 0.1) is 91.9 Å². The van der Waals surface area contributed by atoms with Gasteiger partial charge in [0.1, 0.15) is 24.4 Å². The molecule has 0 aliphatic carbocycles. The van der Waals surface area contributed by atoms with Crippen LogP contribution in [0.15, 0.2) is 57.6 Å². The predicted molar refractivity (Wildman–Crippen MR) is 442 cm³/mol. The van der Waals surface area contributed by atoms with Crippen molar-refractivity contribution in [2.45, 2.75) is 407 Å². The number of aryl methyl sites for hydroxylation is 1. The van der Waals surface area contributed by atoms with Crippen LogP contribution in [0.5, 0.6) is 0 Å². The topological polar surface area (TPSA) is 154 Å². The van der Waals surface area contributed by atoms with Crippen molar-refractivity contribution in [1.29, 1.82) is 0 Å². The van der Waals surface area contributed by atoms with Crippen LogP contribution in [-0.2, 0) is 77.1 Å². The van der Waals surface area contributed by atoms with E-state index in [0.717, 1.165) is 86.9 Å². The zero-order valence-corrected chi connectivity index (χ0v) is 77.8. The maximum Gasteiger partial charge on any atom is 0.193 e. The number of halogens is 1. The number of ether oxygens (including phenoxy) is 8. The number of hydrogen-bond donors (Lipinski definition) is 1. The Bertz CT molecular complexity index is 3020. The Morgan fingerprint density at radius 1 is 0.650 bits per heavy atom. The summed E-state index contributed by atoms with van der Waals surface area (Å²) >= 11 is 2.33. The summed E-state index contributed by atoms with van der Waals surface area (Å²) in [6.45, 7) is 73.4.